The summed E-state index contributed by atoms with van der Waals surface area (Å²) in [6, 6.07) is 13.5. The van der Waals surface area contributed by atoms with E-state index in [2.05, 4.69) is 0 Å². The fourth-order valence-corrected chi connectivity index (χ4v) is 5.43. The third-order valence-corrected chi connectivity index (χ3v) is 6.88. The molecule has 1 aliphatic rings. The predicted molar refractivity (Wildman–Crippen MR) is 106 cm³/mol. The van der Waals surface area contributed by atoms with Gasteiger partial charge in [0.25, 0.3) is 0 Å². The number of rotatable bonds is 5. The molecule has 0 amide bonds. The molecule has 6 heteroatoms. The van der Waals surface area contributed by atoms with Gasteiger partial charge < -0.3 is 9.47 Å². The van der Waals surface area contributed by atoms with Crippen LogP contribution in [0.4, 0.5) is 0 Å². The van der Waals surface area contributed by atoms with Gasteiger partial charge in [0, 0.05) is 13.1 Å². The van der Waals surface area contributed by atoms with Crippen LogP contribution in [0, 0.1) is 13.8 Å². The van der Waals surface area contributed by atoms with Gasteiger partial charge in [-0.15, -0.1) is 0 Å². The van der Waals surface area contributed by atoms with Gasteiger partial charge in [-0.2, -0.15) is 4.31 Å². The average molecular weight is 390 g/mol. The third kappa shape index (κ3) is 4.34. The number of ether oxygens (including phenoxy) is 2. The molecule has 0 spiro atoms. The van der Waals surface area contributed by atoms with Gasteiger partial charge >= 0.3 is 0 Å². The molecule has 5 nitrogen and oxygen atoms in total. The maximum atomic E-state index is 13.3. The number of hydrogen-bond donors (Lipinski definition) is 0. The van der Waals surface area contributed by atoms with E-state index in [1.54, 1.807) is 30.5 Å². The standard InChI is InChI=1S/C21H27NO4S/c1-15-11-21(16(2)10-20(15)25-4)27(23,24)22-13-17(3)26-19(14-22)12-18-8-6-5-7-9-18/h5-11,17,19H,12-14H2,1-4H3. The molecule has 0 radical (unpaired) electrons. The van der Waals surface area contributed by atoms with Crippen LogP contribution in [0.15, 0.2) is 47.4 Å². The Morgan fingerprint density at radius 3 is 2.48 bits per heavy atom. The fraction of sp³-hybridized carbons (Fsp3) is 0.429. The molecule has 146 valence electrons. The van der Waals surface area contributed by atoms with Gasteiger partial charge in [-0.25, -0.2) is 8.42 Å². The molecule has 0 bridgehead atoms. The van der Waals surface area contributed by atoms with E-state index in [9.17, 15) is 8.42 Å². The molecule has 0 aromatic heterocycles. The van der Waals surface area contributed by atoms with Crippen molar-refractivity contribution < 1.29 is 17.9 Å². The van der Waals surface area contributed by atoms with Crippen molar-refractivity contribution in [3.05, 3.63) is 59.2 Å². The fourth-order valence-electron chi connectivity index (χ4n) is 3.59. The number of benzene rings is 2. The lowest BCUT2D eigenvalue weighted by Gasteiger charge is -2.36. The molecule has 1 fully saturated rings. The lowest BCUT2D eigenvalue weighted by atomic mass is 10.1. The van der Waals surface area contributed by atoms with Gasteiger partial charge in [0.2, 0.25) is 10.0 Å². The van der Waals surface area contributed by atoms with Gasteiger partial charge in [0.1, 0.15) is 5.75 Å². The molecule has 2 aromatic carbocycles. The Hall–Kier alpha value is -1.89. The average Bonchev–Trinajstić information content (AvgIpc) is 2.63. The van der Waals surface area contributed by atoms with E-state index < -0.39 is 10.0 Å². The van der Waals surface area contributed by atoms with Crippen LogP contribution in [0.2, 0.25) is 0 Å². The van der Waals surface area contributed by atoms with Crippen molar-refractivity contribution in [2.75, 3.05) is 20.2 Å². The van der Waals surface area contributed by atoms with Crippen molar-refractivity contribution >= 4 is 10.0 Å². The van der Waals surface area contributed by atoms with Crippen LogP contribution in [-0.2, 0) is 21.2 Å². The zero-order chi connectivity index (χ0) is 19.6. The van der Waals surface area contributed by atoms with Crippen molar-refractivity contribution in [1.29, 1.82) is 0 Å². The summed E-state index contributed by atoms with van der Waals surface area (Å²) in [5.41, 5.74) is 2.64. The van der Waals surface area contributed by atoms with Crippen LogP contribution in [0.1, 0.15) is 23.6 Å². The molecule has 1 saturated heterocycles. The first-order chi connectivity index (χ1) is 12.8. The Kier molecular flexibility index (Phi) is 5.89. The Bertz CT molecular complexity index is 896. The number of aryl methyl sites for hydroxylation is 2. The minimum Gasteiger partial charge on any atom is -0.496 e. The second-order valence-corrected chi connectivity index (χ2v) is 9.07. The first-order valence-electron chi connectivity index (χ1n) is 9.16. The Morgan fingerprint density at radius 1 is 1.11 bits per heavy atom. The van der Waals surface area contributed by atoms with Gasteiger partial charge in [0.15, 0.2) is 0 Å². The second kappa shape index (κ2) is 8.00. The van der Waals surface area contributed by atoms with E-state index in [4.69, 9.17) is 9.47 Å². The molecule has 0 N–H and O–H groups in total. The molecular formula is C21H27NO4S. The minimum absolute atomic E-state index is 0.151. The highest BCUT2D eigenvalue weighted by Crippen LogP contribution is 2.29. The van der Waals surface area contributed by atoms with E-state index in [1.807, 2.05) is 44.2 Å². The molecular weight excluding hydrogens is 362 g/mol. The second-order valence-electron chi connectivity index (χ2n) is 7.17. The van der Waals surface area contributed by atoms with Crippen LogP contribution >= 0.6 is 0 Å². The molecule has 3 rings (SSSR count). The maximum Gasteiger partial charge on any atom is 0.243 e. The summed E-state index contributed by atoms with van der Waals surface area (Å²) in [5.74, 6) is 0.698. The predicted octanol–water partition coefficient (Wildman–Crippen LogP) is 3.33. The van der Waals surface area contributed by atoms with E-state index in [0.29, 0.717) is 35.7 Å². The third-order valence-electron chi connectivity index (χ3n) is 4.91. The summed E-state index contributed by atoms with van der Waals surface area (Å²) in [6.45, 7) is 6.30. The highest BCUT2D eigenvalue weighted by Gasteiger charge is 2.35. The molecule has 1 heterocycles. The van der Waals surface area contributed by atoms with Gasteiger partial charge in [-0.1, -0.05) is 30.3 Å². The van der Waals surface area contributed by atoms with Crippen molar-refractivity contribution in [3.8, 4) is 5.75 Å². The summed E-state index contributed by atoms with van der Waals surface area (Å²) in [6.07, 6.45) is 0.380. The van der Waals surface area contributed by atoms with Crippen LogP contribution in [0.5, 0.6) is 5.75 Å². The number of hydrogen-bond acceptors (Lipinski definition) is 4. The quantitative estimate of drug-likeness (QED) is 0.787. The van der Waals surface area contributed by atoms with E-state index in [-0.39, 0.29) is 12.2 Å². The van der Waals surface area contributed by atoms with Crippen LogP contribution in [0.3, 0.4) is 0 Å². The molecule has 0 aliphatic carbocycles. The minimum atomic E-state index is -3.60. The molecule has 2 unspecified atom stereocenters. The zero-order valence-corrected chi connectivity index (χ0v) is 17.1. The lowest BCUT2D eigenvalue weighted by Crippen LogP contribution is -2.49. The Balaban J connectivity index is 1.86. The first kappa shape index (κ1) is 19.9. The van der Waals surface area contributed by atoms with E-state index >= 15 is 0 Å². The lowest BCUT2D eigenvalue weighted by molar-refractivity contribution is -0.0529. The highest BCUT2D eigenvalue weighted by atomic mass is 32.2. The van der Waals surface area contributed by atoms with Crippen LogP contribution in [-0.4, -0.2) is 45.1 Å². The normalized spacial score (nSPS) is 21.2. The molecule has 27 heavy (non-hydrogen) atoms. The molecule has 1 aliphatic heterocycles. The van der Waals surface area contributed by atoms with E-state index in [1.165, 1.54) is 0 Å². The van der Waals surface area contributed by atoms with Crippen LogP contribution < -0.4 is 4.74 Å². The number of morpholine rings is 1. The maximum absolute atomic E-state index is 13.3. The van der Waals surface area contributed by atoms with Crippen LogP contribution in [0.25, 0.3) is 0 Å². The number of nitrogens with zero attached hydrogens (tertiary/aromatic N) is 1. The zero-order valence-electron chi connectivity index (χ0n) is 16.3. The monoisotopic (exact) mass is 389 g/mol. The van der Waals surface area contributed by atoms with Gasteiger partial charge in [-0.3, -0.25) is 0 Å². The summed E-state index contributed by atoms with van der Waals surface area (Å²) < 4.78 is 39.6. The number of sulfonamides is 1. The summed E-state index contributed by atoms with van der Waals surface area (Å²) >= 11 is 0. The number of methoxy groups -OCH3 is 1. The molecule has 2 atom stereocenters. The SMILES string of the molecule is COc1cc(C)c(S(=O)(=O)N2CC(C)OC(Cc3ccccc3)C2)cc1C. The summed E-state index contributed by atoms with van der Waals surface area (Å²) in [4.78, 5) is 0.341. The van der Waals surface area contributed by atoms with E-state index in [0.717, 1.165) is 11.1 Å². The topological polar surface area (TPSA) is 55.8 Å². The van der Waals surface area contributed by atoms with Crippen molar-refractivity contribution in [2.45, 2.75) is 44.3 Å². The summed E-state index contributed by atoms with van der Waals surface area (Å²) in [5, 5.41) is 0. The summed E-state index contributed by atoms with van der Waals surface area (Å²) in [7, 11) is -2.01. The smallest absolute Gasteiger partial charge is 0.243 e. The molecule has 2 aromatic rings. The Morgan fingerprint density at radius 2 is 1.81 bits per heavy atom. The highest BCUT2D eigenvalue weighted by molar-refractivity contribution is 7.89. The van der Waals surface area contributed by atoms with Crippen molar-refractivity contribution in [2.24, 2.45) is 0 Å². The first-order valence-corrected chi connectivity index (χ1v) is 10.6. The van der Waals surface area contributed by atoms with Crippen molar-refractivity contribution in [3.63, 3.8) is 0 Å². The largest absolute Gasteiger partial charge is 0.496 e. The molecule has 0 saturated carbocycles. The Labute approximate surface area is 162 Å². The van der Waals surface area contributed by atoms with Crippen molar-refractivity contribution in [1.82, 2.24) is 4.31 Å². The van der Waals surface area contributed by atoms with Gasteiger partial charge in [-0.05, 0) is 56.0 Å². The van der Waals surface area contributed by atoms with Gasteiger partial charge in [0.05, 0.1) is 24.2 Å².